The van der Waals surface area contributed by atoms with E-state index in [-0.39, 0.29) is 0 Å². The Kier molecular flexibility index (Phi) is 5.33. The van der Waals surface area contributed by atoms with Crippen LogP contribution < -0.4 is 4.74 Å². The smallest absolute Gasteiger partial charge is 0.141 e. The number of ether oxygens (including phenoxy) is 2. The van der Waals surface area contributed by atoms with Crippen LogP contribution in [0.15, 0.2) is 18.5 Å². The molecule has 0 saturated carbocycles. The summed E-state index contributed by atoms with van der Waals surface area (Å²) in [4.78, 5) is 6.50. The fourth-order valence-electron chi connectivity index (χ4n) is 3.10. The van der Waals surface area contributed by atoms with Gasteiger partial charge in [-0.2, -0.15) is 0 Å². The molecule has 0 amide bonds. The predicted molar refractivity (Wildman–Crippen MR) is 82.9 cm³/mol. The van der Waals surface area contributed by atoms with Crippen LogP contribution in [0.4, 0.5) is 0 Å². The Balaban J connectivity index is 1.38. The summed E-state index contributed by atoms with van der Waals surface area (Å²) in [7, 11) is 0. The first kappa shape index (κ1) is 15.1. The van der Waals surface area contributed by atoms with Crippen LogP contribution in [-0.4, -0.2) is 48.8 Å². The summed E-state index contributed by atoms with van der Waals surface area (Å²) >= 11 is 6.05. The highest BCUT2D eigenvalue weighted by molar-refractivity contribution is 6.31. The van der Waals surface area contributed by atoms with Crippen molar-refractivity contribution in [2.45, 2.75) is 31.8 Å². The van der Waals surface area contributed by atoms with E-state index in [4.69, 9.17) is 21.1 Å². The van der Waals surface area contributed by atoms with Crippen LogP contribution in [0.1, 0.15) is 25.7 Å². The number of nitrogens with zero attached hydrogens (tertiary/aromatic N) is 2. The van der Waals surface area contributed by atoms with Gasteiger partial charge in [-0.15, -0.1) is 0 Å². The minimum absolute atomic E-state index is 0.466. The lowest BCUT2D eigenvalue weighted by Crippen LogP contribution is -2.39. The van der Waals surface area contributed by atoms with E-state index in [1.807, 2.05) is 6.07 Å². The van der Waals surface area contributed by atoms with Gasteiger partial charge >= 0.3 is 0 Å². The Bertz CT molecular complexity index is 444. The number of hydrogen-bond acceptors (Lipinski definition) is 4. The predicted octanol–water partition coefficient (Wildman–Crippen LogP) is 3.00. The maximum atomic E-state index is 6.05. The average molecular weight is 311 g/mol. The highest BCUT2D eigenvalue weighted by Crippen LogP contribution is 2.25. The molecule has 116 valence electrons. The minimum Gasteiger partial charge on any atom is -0.492 e. The van der Waals surface area contributed by atoms with Gasteiger partial charge < -0.3 is 14.4 Å². The Morgan fingerprint density at radius 2 is 2.19 bits per heavy atom. The molecule has 3 rings (SSSR count). The molecule has 0 spiro atoms. The standard InChI is InChI=1S/C16H23ClN2O2/c17-15-10-18-6-3-16(15)21-12-13-4-7-19(8-5-13)11-14-2-1-9-20-14/h3,6,10,13-14H,1-2,4-5,7-9,11-12H2. The van der Waals surface area contributed by atoms with E-state index in [9.17, 15) is 0 Å². The molecule has 2 aliphatic rings. The van der Waals surface area contributed by atoms with Gasteiger partial charge in [0, 0.05) is 31.6 Å². The van der Waals surface area contributed by atoms with Crippen molar-refractivity contribution in [2.24, 2.45) is 5.92 Å². The van der Waals surface area contributed by atoms with E-state index in [1.54, 1.807) is 12.4 Å². The van der Waals surface area contributed by atoms with Crippen LogP contribution in [0.3, 0.4) is 0 Å². The third-order valence-corrected chi connectivity index (χ3v) is 4.69. The summed E-state index contributed by atoms with van der Waals surface area (Å²) in [5.74, 6) is 1.36. The molecule has 0 aromatic carbocycles. The molecule has 2 aliphatic heterocycles. The van der Waals surface area contributed by atoms with Gasteiger partial charge in [0.2, 0.25) is 0 Å². The number of pyridine rings is 1. The van der Waals surface area contributed by atoms with Gasteiger partial charge in [-0.25, -0.2) is 0 Å². The molecule has 1 unspecified atom stereocenters. The van der Waals surface area contributed by atoms with E-state index >= 15 is 0 Å². The first-order valence-electron chi connectivity index (χ1n) is 7.87. The molecule has 1 aromatic rings. The van der Waals surface area contributed by atoms with Gasteiger partial charge in [0.1, 0.15) is 10.8 Å². The Hall–Kier alpha value is -0.840. The fraction of sp³-hybridized carbons (Fsp3) is 0.688. The molecule has 4 nitrogen and oxygen atoms in total. The molecule has 0 bridgehead atoms. The quantitative estimate of drug-likeness (QED) is 0.837. The SMILES string of the molecule is Clc1cnccc1OCC1CCN(CC2CCCO2)CC1. The third-order valence-electron chi connectivity index (χ3n) is 4.40. The molecular weight excluding hydrogens is 288 g/mol. The van der Waals surface area contributed by atoms with Crippen molar-refractivity contribution in [3.63, 3.8) is 0 Å². The maximum absolute atomic E-state index is 6.05. The van der Waals surface area contributed by atoms with E-state index in [0.29, 0.717) is 17.0 Å². The first-order valence-corrected chi connectivity index (χ1v) is 8.25. The van der Waals surface area contributed by atoms with Crippen molar-refractivity contribution in [1.82, 2.24) is 9.88 Å². The molecule has 3 heterocycles. The second-order valence-electron chi connectivity index (χ2n) is 6.00. The molecule has 1 atom stereocenters. The number of rotatable bonds is 5. The lowest BCUT2D eigenvalue weighted by Gasteiger charge is -2.33. The number of hydrogen-bond donors (Lipinski definition) is 0. The van der Waals surface area contributed by atoms with Crippen molar-refractivity contribution in [3.8, 4) is 5.75 Å². The molecule has 2 saturated heterocycles. The molecule has 5 heteroatoms. The van der Waals surface area contributed by atoms with Crippen molar-refractivity contribution >= 4 is 11.6 Å². The molecule has 0 N–H and O–H groups in total. The number of piperidine rings is 1. The topological polar surface area (TPSA) is 34.6 Å². The Morgan fingerprint density at radius 3 is 2.90 bits per heavy atom. The lowest BCUT2D eigenvalue weighted by atomic mass is 9.97. The van der Waals surface area contributed by atoms with Crippen LogP contribution in [0.25, 0.3) is 0 Å². The van der Waals surface area contributed by atoms with Gasteiger partial charge in [0.15, 0.2) is 0 Å². The second-order valence-corrected chi connectivity index (χ2v) is 6.40. The zero-order valence-corrected chi connectivity index (χ0v) is 13.1. The van der Waals surface area contributed by atoms with E-state index in [0.717, 1.165) is 38.6 Å². The Morgan fingerprint density at radius 1 is 1.33 bits per heavy atom. The number of likely N-dealkylation sites (tertiary alicyclic amines) is 1. The van der Waals surface area contributed by atoms with Crippen LogP contribution in [-0.2, 0) is 4.74 Å². The third kappa shape index (κ3) is 4.31. The van der Waals surface area contributed by atoms with Crippen molar-refractivity contribution in [3.05, 3.63) is 23.5 Å². The van der Waals surface area contributed by atoms with E-state index in [1.165, 1.54) is 25.7 Å². The van der Waals surface area contributed by atoms with Gasteiger partial charge in [0.25, 0.3) is 0 Å². The van der Waals surface area contributed by atoms with Crippen molar-refractivity contribution in [2.75, 3.05) is 32.8 Å². The zero-order valence-electron chi connectivity index (χ0n) is 12.3. The molecular formula is C16H23ClN2O2. The van der Waals surface area contributed by atoms with Crippen LogP contribution in [0.2, 0.25) is 5.02 Å². The summed E-state index contributed by atoms with van der Waals surface area (Å²) < 4.78 is 11.5. The molecule has 0 radical (unpaired) electrons. The highest BCUT2D eigenvalue weighted by atomic mass is 35.5. The Labute approximate surface area is 131 Å². The fourth-order valence-corrected chi connectivity index (χ4v) is 3.27. The maximum Gasteiger partial charge on any atom is 0.141 e. The van der Waals surface area contributed by atoms with Crippen molar-refractivity contribution in [1.29, 1.82) is 0 Å². The number of halogens is 1. The molecule has 0 aliphatic carbocycles. The number of aromatic nitrogens is 1. The summed E-state index contributed by atoms with van der Waals surface area (Å²) in [6.07, 6.45) is 8.64. The van der Waals surface area contributed by atoms with Crippen LogP contribution >= 0.6 is 11.6 Å². The minimum atomic E-state index is 0.466. The van der Waals surface area contributed by atoms with Crippen LogP contribution in [0, 0.1) is 5.92 Å². The van der Waals surface area contributed by atoms with Gasteiger partial charge in [-0.1, -0.05) is 11.6 Å². The summed E-state index contributed by atoms with van der Waals surface area (Å²) in [6.45, 7) is 5.10. The molecule has 21 heavy (non-hydrogen) atoms. The monoisotopic (exact) mass is 310 g/mol. The van der Waals surface area contributed by atoms with Gasteiger partial charge in [-0.05, 0) is 44.7 Å². The largest absolute Gasteiger partial charge is 0.492 e. The lowest BCUT2D eigenvalue weighted by molar-refractivity contribution is 0.0548. The molecule has 2 fully saturated rings. The van der Waals surface area contributed by atoms with Crippen molar-refractivity contribution < 1.29 is 9.47 Å². The zero-order chi connectivity index (χ0) is 14.5. The summed E-state index contributed by atoms with van der Waals surface area (Å²) in [6, 6.07) is 1.83. The van der Waals surface area contributed by atoms with Gasteiger partial charge in [-0.3, -0.25) is 4.98 Å². The highest BCUT2D eigenvalue weighted by Gasteiger charge is 2.24. The molecule has 1 aromatic heterocycles. The average Bonchev–Trinajstić information content (AvgIpc) is 3.01. The summed E-state index contributed by atoms with van der Waals surface area (Å²) in [5.41, 5.74) is 0. The second kappa shape index (κ2) is 7.43. The first-order chi connectivity index (χ1) is 10.3. The van der Waals surface area contributed by atoms with Gasteiger partial charge in [0.05, 0.1) is 12.7 Å². The summed E-state index contributed by atoms with van der Waals surface area (Å²) in [5, 5.41) is 0.591. The van der Waals surface area contributed by atoms with E-state index < -0.39 is 0 Å². The van der Waals surface area contributed by atoms with E-state index in [2.05, 4.69) is 9.88 Å². The normalized spacial score (nSPS) is 24.3. The van der Waals surface area contributed by atoms with Crippen LogP contribution in [0.5, 0.6) is 5.75 Å².